The van der Waals surface area contributed by atoms with Gasteiger partial charge in [0.25, 0.3) is 5.89 Å². The Balaban J connectivity index is 1.15. The maximum Gasteiger partial charge on any atom is 0.258 e. The third-order valence-electron chi connectivity index (χ3n) is 6.11. The van der Waals surface area contributed by atoms with Crippen molar-refractivity contribution in [3.63, 3.8) is 0 Å². The highest BCUT2D eigenvalue weighted by molar-refractivity contribution is 5.59. The second-order valence-corrected chi connectivity index (χ2v) is 8.78. The Kier molecular flexibility index (Phi) is 6.62. The van der Waals surface area contributed by atoms with Crippen molar-refractivity contribution in [1.29, 1.82) is 0 Å². The average molecular weight is 459 g/mol. The van der Waals surface area contributed by atoms with Gasteiger partial charge in [-0.05, 0) is 86.8 Å². The predicted molar refractivity (Wildman–Crippen MR) is 128 cm³/mol. The summed E-state index contributed by atoms with van der Waals surface area (Å²) < 4.78 is 25.0. The lowest BCUT2D eigenvalue weighted by atomic mass is 9.97. The molecule has 174 valence electrons. The number of rotatable bonds is 7. The van der Waals surface area contributed by atoms with Crippen LogP contribution < -0.4 is 4.74 Å². The fourth-order valence-electron chi connectivity index (χ4n) is 4.25. The van der Waals surface area contributed by atoms with Gasteiger partial charge in [-0.25, -0.2) is 9.37 Å². The van der Waals surface area contributed by atoms with Crippen LogP contribution in [-0.2, 0) is 6.54 Å². The first-order valence-corrected chi connectivity index (χ1v) is 11.6. The minimum atomic E-state index is -0.174. The molecule has 3 heterocycles. The van der Waals surface area contributed by atoms with E-state index in [1.54, 1.807) is 12.1 Å². The van der Waals surface area contributed by atoms with Crippen molar-refractivity contribution in [1.82, 2.24) is 20.0 Å². The molecule has 34 heavy (non-hydrogen) atoms. The normalized spacial score (nSPS) is 14.9. The summed E-state index contributed by atoms with van der Waals surface area (Å²) in [5.41, 5.74) is 3.42. The van der Waals surface area contributed by atoms with Crippen LogP contribution in [0.1, 0.15) is 24.1 Å². The molecule has 4 aromatic rings. The fraction of sp³-hybridized carbons (Fsp3) is 0.296. The number of pyridine rings is 1. The van der Waals surface area contributed by atoms with Crippen LogP contribution in [0.3, 0.4) is 0 Å². The van der Waals surface area contributed by atoms with Gasteiger partial charge in [0.15, 0.2) is 0 Å². The minimum Gasteiger partial charge on any atom is -0.493 e. The van der Waals surface area contributed by atoms with Crippen molar-refractivity contribution in [3.05, 3.63) is 83.8 Å². The third kappa shape index (κ3) is 5.48. The number of likely N-dealkylation sites (tertiary alicyclic amines) is 1. The molecule has 1 aliphatic heterocycles. The van der Waals surface area contributed by atoms with Crippen molar-refractivity contribution in [2.24, 2.45) is 5.92 Å². The fourth-order valence-corrected chi connectivity index (χ4v) is 4.25. The maximum atomic E-state index is 13.4. The van der Waals surface area contributed by atoms with Crippen LogP contribution in [0, 0.1) is 18.7 Å². The summed E-state index contributed by atoms with van der Waals surface area (Å²) in [5.74, 6) is 2.01. The molecule has 0 unspecified atom stereocenters. The molecular formula is C27H27FN4O2. The number of hydrogen-bond acceptors (Lipinski definition) is 6. The molecule has 1 fully saturated rings. The largest absolute Gasteiger partial charge is 0.493 e. The minimum absolute atomic E-state index is 0.174. The number of aromatic nitrogens is 3. The zero-order chi connectivity index (χ0) is 23.3. The lowest BCUT2D eigenvalue weighted by Gasteiger charge is -2.31. The van der Waals surface area contributed by atoms with Crippen LogP contribution in [0.15, 0.2) is 71.3 Å². The molecule has 0 amide bonds. The Hall–Kier alpha value is -3.58. The average Bonchev–Trinajstić information content (AvgIpc) is 3.35. The van der Waals surface area contributed by atoms with Gasteiger partial charge < -0.3 is 9.26 Å². The number of piperidine rings is 1. The highest BCUT2D eigenvalue weighted by Crippen LogP contribution is 2.26. The van der Waals surface area contributed by atoms with Crippen LogP contribution in [0.4, 0.5) is 4.39 Å². The van der Waals surface area contributed by atoms with E-state index in [-0.39, 0.29) is 5.82 Å². The molecule has 0 aliphatic carbocycles. The SMILES string of the molecule is Cc1cccc(-c2noc(-c3cccc(OCC4CCN(Cc5cccc(F)c5)CC4)c3)n2)n1. The molecule has 0 bridgehead atoms. The second kappa shape index (κ2) is 10.1. The van der Waals surface area contributed by atoms with Gasteiger partial charge in [-0.2, -0.15) is 4.98 Å². The van der Waals surface area contributed by atoms with E-state index in [2.05, 4.69) is 20.0 Å². The number of ether oxygens (including phenoxy) is 1. The molecule has 1 aliphatic rings. The van der Waals surface area contributed by atoms with E-state index in [0.717, 1.165) is 55.0 Å². The molecule has 6 nitrogen and oxygen atoms in total. The van der Waals surface area contributed by atoms with Crippen LogP contribution in [0.5, 0.6) is 5.75 Å². The van der Waals surface area contributed by atoms with Gasteiger partial charge in [0.05, 0.1) is 6.61 Å². The van der Waals surface area contributed by atoms with Crippen molar-refractivity contribution in [2.75, 3.05) is 19.7 Å². The Labute approximate surface area is 198 Å². The molecule has 0 radical (unpaired) electrons. The molecule has 2 aromatic carbocycles. The smallest absolute Gasteiger partial charge is 0.258 e. The number of hydrogen-bond donors (Lipinski definition) is 0. The molecule has 0 N–H and O–H groups in total. The van der Waals surface area contributed by atoms with Crippen molar-refractivity contribution in [3.8, 4) is 28.7 Å². The van der Waals surface area contributed by atoms with E-state index in [9.17, 15) is 4.39 Å². The number of benzene rings is 2. The highest BCUT2D eigenvalue weighted by atomic mass is 19.1. The topological polar surface area (TPSA) is 64.3 Å². The van der Waals surface area contributed by atoms with Crippen molar-refractivity contribution in [2.45, 2.75) is 26.3 Å². The number of aryl methyl sites for hydroxylation is 1. The summed E-state index contributed by atoms with van der Waals surface area (Å²) in [4.78, 5) is 11.3. The summed E-state index contributed by atoms with van der Waals surface area (Å²) in [6.07, 6.45) is 2.12. The lowest BCUT2D eigenvalue weighted by molar-refractivity contribution is 0.136. The summed E-state index contributed by atoms with van der Waals surface area (Å²) in [6, 6.07) is 20.3. The molecule has 2 aromatic heterocycles. The molecule has 1 saturated heterocycles. The molecular weight excluding hydrogens is 431 g/mol. The quantitative estimate of drug-likeness (QED) is 0.362. The van der Waals surface area contributed by atoms with Crippen LogP contribution in [0.25, 0.3) is 23.0 Å². The van der Waals surface area contributed by atoms with E-state index in [0.29, 0.717) is 29.9 Å². The zero-order valence-corrected chi connectivity index (χ0v) is 19.2. The van der Waals surface area contributed by atoms with Gasteiger partial charge in [0.2, 0.25) is 5.82 Å². The monoisotopic (exact) mass is 458 g/mol. The van der Waals surface area contributed by atoms with Crippen LogP contribution in [0.2, 0.25) is 0 Å². The molecule has 5 rings (SSSR count). The van der Waals surface area contributed by atoms with E-state index in [1.807, 2.05) is 55.5 Å². The van der Waals surface area contributed by atoms with Gasteiger partial charge in [-0.15, -0.1) is 0 Å². The van der Waals surface area contributed by atoms with Gasteiger partial charge in [-0.3, -0.25) is 4.90 Å². The van der Waals surface area contributed by atoms with E-state index >= 15 is 0 Å². The predicted octanol–water partition coefficient (Wildman–Crippen LogP) is 5.54. The maximum absolute atomic E-state index is 13.4. The first kappa shape index (κ1) is 22.2. The van der Waals surface area contributed by atoms with Gasteiger partial charge in [0, 0.05) is 17.8 Å². The number of nitrogens with zero attached hydrogens (tertiary/aromatic N) is 4. The van der Waals surface area contributed by atoms with Gasteiger partial charge in [-0.1, -0.05) is 29.4 Å². The Bertz CT molecular complexity index is 1250. The van der Waals surface area contributed by atoms with E-state index in [4.69, 9.17) is 9.26 Å². The van der Waals surface area contributed by atoms with Gasteiger partial charge in [0.1, 0.15) is 17.3 Å². The molecule has 0 atom stereocenters. The lowest BCUT2D eigenvalue weighted by Crippen LogP contribution is -2.35. The van der Waals surface area contributed by atoms with Crippen molar-refractivity contribution < 1.29 is 13.7 Å². The van der Waals surface area contributed by atoms with E-state index < -0.39 is 0 Å². The summed E-state index contributed by atoms with van der Waals surface area (Å²) in [5, 5.41) is 4.08. The summed E-state index contributed by atoms with van der Waals surface area (Å²) in [6.45, 7) is 5.36. The Morgan fingerprint density at radius 1 is 1.00 bits per heavy atom. The van der Waals surface area contributed by atoms with Gasteiger partial charge >= 0.3 is 0 Å². The molecule has 7 heteroatoms. The molecule has 0 saturated carbocycles. The van der Waals surface area contributed by atoms with Crippen molar-refractivity contribution >= 4 is 0 Å². The summed E-state index contributed by atoms with van der Waals surface area (Å²) >= 11 is 0. The summed E-state index contributed by atoms with van der Waals surface area (Å²) in [7, 11) is 0. The standard InChI is InChI=1S/C27H27FN4O2/c1-19-5-2-10-25(29-19)26-30-27(34-31-26)22-7-4-9-24(16-22)33-18-20-11-13-32(14-12-20)17-21-6-3-8-23(28)15-21/h2-10,15-16,20H,11-14,17-18H2,1H3. The van der Waals surface area contributed by atoms with Crippen LogP contribution in [-0.4, -0.2) is 39.7 Å². The number of halogens is 1. The van der Waals surface area contributed by atoms with E-state index in [1.165, 1.54) is 6.07 Å². The first-order chi connectivity index (χ1) is 16.6. The Morgan fingerprint density at radius 2 is 1.82 bits per heavy atom. The highest BCUT2D eigenvalue weighted by Gasteiger charge is 2.20. The second-order valence-electron chi connectivity index (χ2n) is 8.78. The Morgan fingerprint density at radius 3 is 2.65 bits per heavy atom. The first-order valence-electron chi connectivity index (χ1n) is 11.6. The zero-order valence-electron chi connectivity index (χ0n) is 19.2. The van der Waals surface area contributed by atoms with Crippen LogP contribution >= 0.6 is 0 Å². The third-order valence-corrected chi connectivity index (χ3v) is 6.11. The molecule has 0 spiro atoms.